The third-order valence-corrected chi connectivity index (χ3v) is 5.67. The van der Waals surface area contributed by atoms with Crippen molar-refractivity contribution in [3.8, 4) is 0 Å². The number of halogens is 1. The first-order valence-corrected chi connectivity index (χ1v) is 8.80. The van der Waals surface area contributed by atoms with Crippen molar-refractivity contribution in [1.29, 1.82) is 0 Å². The molecule has 2 heterocycles. The van der Waals surface area contributed by atoms with E-state index in [4.69, 9.17) is 4.74 Å². The van der Waals surface area contributed by atoms with Gasteiger partial charge in [0.15, 0.2) is 0 Å². The summed E-state index contributed by atoms with van der Waals surface area (Å²) in [4.78, 5) is 2.59. The van der Waals surface area contributed by atoms with Crippen LogP contribution in [0.1, 0.15) is 12.0 Å². The van der Waals surface area contributed by atoms with Gasteiger partial charge in [-0.2, -0.15) is 11.8 Å². The molecule has 1 aromatic rings. The first kappa shape index (κ1) is 15.3. The van der Waals surface area contributed by atoms with E-state index in [9.17, 15) is 4.39 Å². The van der Waals surface area contributed by atoms with Gasteiger partial charge in [-0.05, 0) is 29.9 Å². The Labute approximate surface area is 130 Å². The van der Waals surface area contributed by atoms with Gasteiger partial charge in [-0.25, -0.2) is 4.39 Å². The highest BCUT2D eigenvalue weighted by Crippen LogP contribution is 2.33. The Bertz CT molecular complexity index is 459. The highest BCUT2D eigenvalue weighted by molar-refractivity contribution is 7.99. The topological polar surface area (TPSA) is 24.5 Å². The van der Waals surface area contributed by atoms with E-state index in [1.54, 1.807) is 12.1 Å². The van der Waals surface area contributed by atoms with E-state index in [0.29, 0.717) is 0 Å². The molecule has 3 nitrogen and oxygen atoms in total. The predicted octanol–water partition coefficient (Wildman–Crippen LogP) is 2.12. The fourth-order valence-electron chi connectivity index (χ4n) is 3.22. The van der Waals surface area contributed by atoms with E-state index in [-0.39, 0.29) is 11.4 Å². The van der Waals surface area contributed by atoms with Gasteiger partial charge in [0.1, 0.15) is 5.82 Å². The molecule has 116 valence electrons. The van der Waals surface area contributed by atoms with E-state index in [2.05, 4.69) is 10.2 Å². The smallest absolute Gasteiger partial charge is 0.123 e. The molecule has 0 radical (unpaired) electrons. The van der Waals surface area contributed by atoms with Gasteiger partial charge in [-0.3, -0.25) is 4.90 Å². The van der Waals surface area contributed by atoms with Crippen LogP contribution in [0.4, 0.5) is 4.39 Å². The normalized spacial score (nSPS) is 27.1. The quantitative estimate of drug-likeness (QED) is 0.900. The van der Waals surface area contributed by atoms with Crippen molar-refractivity contribution in [1.82, 2.24) is 10.2 Å². The zero-order valence-corrected chi connectivity index (χ0v) is 13.1. The molecule has 1 aromatic carbocycles. The maximum Gasteiger partial charge on any atom is 0.123 e. The molecule has 0 bridgehead atoms. The van der Waals surface area contributed by atoms with E-state index in [0.717, 1.165) is 45.0 Å². The molecule has 0 amide bonds. The molecule has 21 heavy (non-hydrogen) atoms. The van der Waals surface area contributed by atoms with Crippen molar-refractivity contribution >= 4 is 11.8 Å². The summed E-state index contributed by atoms with van der Waals surface area (Å²) in [6.45, 7) is 5.45. The maximum atomic E-state index is 13.2. The van der Waals surface area contributed by atoms with E-state index < -0.39 is 0 Å². The average Bonchev–Trinajstić information content (AvgIpc) is 2.98. The summed E-state index contributed by atoms with van der Waals surface area (Å²) in [7, 11) is 0. The van der Waals surface area contributed by atoms with Crippen LogP contribution in [-0.4, -0.2) is 54.8 Å². The summed E-state index contributed by atoms with van der Waals surface area (Å²) in [5.41, 5.74) is 1.26. The monoisotopic (exact) mass is 310 g/mol. The number of hydrogen-bond acceptors (Lipinski definition) is 4. The van der Waals surface area contributed by atoms with Gasteiger partial charge in [-0.1, -0.05) is 12.1 Å². The molecule has 0 saturated carbocycles. The summed E-state index contributed by atoms with van der Waals surface area (Å²) >= 11 is 2.04. The number of rotatable bonds is 5. The molecular formula is C16H23FN2OS. The van der Waals surface area contributed by atoms with Gasteiger partial charge >= 0.3 is 0 Å². The van der Waals surface area contributed by atoms with Gasteiger partial charge < -0.3 is 10.1 Å². The van der Waals surface area contributed by atoms with Crippen LogP contribution in [0, 0.1) is 5.82 Å². The minimum absolute atomic E-state index is 0.159. The lowest BCUT2D eigenvalue weighted by atomic mass is 9.95. The highest BCUT2D eigenvalue weighted by atomic mass is 32.2. The summed E-state index contributed by atoms with van der Waals surface area (Å²) in [5, 5.41) is 3.55. The van der Waals surface area contributed by atoms with Crippen molar-refractivity contribution < 1.29 is 9.13 Å². The second-order valence-corrected chi connectivity index (χ2v) is 6.96. The number of benzene rings is 1. The Morgan fingerprint density at radius 2 is 2.19 bits per heavy atom. The third kappa shape index (κ3) is 3.77. The number of thioether (sulfide) groups is 1. The molecule has 3 rings (SSSR count). The van der Waals surface area contributed by atoms with Crippen molar-refractivity contribution in [2.24, 2.45) is 0 Å². The van der Waals surface area contributed by atoms with E-state index in [1.165, 1.54) is 24.0 Å². The summed E-state index contributed by atoms with van der Waals surface area (Å²) < 4.78 is 18.7. The van der Waals surface area contributed by atoms with Crippen molar-refractivity contribution in [3.05, 3.63) is 35.6 Å². The summed E-state index contributed by atoms with van der Waals surface area (Å²) in [6, 6.07) is 6.85. The second kappa shape index (κ2) is 7.09. The fourth-order valence-corrected chi connectivity index (χ4v) is 4.70. The zero-order valence-electron chi connectivity index (χ0n) is 12.3. The zero-order chi connectivity index (χ0) is 14.5. The molecule has 2 aliphatic heterocycles. The van der Waals surface area contributed by atoms with Crippen LogP contribution in [0.5, 0.6) is 0 Å². The van der Waals surface area contributed by atoms with Crippen LogP contribution in [0.25, 0.3) is 0 Å². The predicted molar refractivity (Wildman–Crippen MR) is 85.2 cm³/mol. The lowest BCUT2D eigenvalue weighted by Gasteiger charge is -2.43. The largest absolute Gasteiger partial charge is 0.379 e. The van der Waals surface area contributed by atoms with E-state index >= 15 is 0 Å². The summed E-state index contributed by atoms with van der Waals surface area (Å²) in [6.07, 6.45) is 1.23. The molecule has 1 N–H and O–H groups in total. The molecule has 2 saturated heterocycles. The molecule has 1 atom stereocenters. The lowest BCUT2D eigenvalue weighted by molar-refractivity contribution is -0.0134. The number of nitrogens with zero attached hydrogens (tertiary/aromatic N) is 1. The van der Waals surface area contributed by atoms with Crippen molar-refractivity contribution in [2.75, 3.05) is 44.4 Å². The number of ether oxygens (including phenoxy) is 1. The van der Waals surface area contributed by atoms with Crippen LogP contribution < -0.4 is 5.32 Å². The Balaban J connectivity index is 1.57. The van der Waals surface area contributed by atoms with E-state index in [1.807, 2.05) is 17.8 Å². The minimum Gasteiger partial charge on any atom is -0.379 e. The van der Waals surface area contributed by atoms with Gasteiger partial charge in [0.2, 0.25) is 0 Å². The molecule has 2 fully saturated rings. The highest BCUT2D eigenvalue weighted by Gasteiger charge is 2.40. The van der Waals surface area contributed by atoms with Gasteiger partial charge in [0, 0.05) is 37.5 Å². The first-order valence-electron chi connectivity index (χ1n) is 7.64. The fraction of sp³-hybridized carbons (Fsp3) is 0.625. The molecule has 1 unspecified atom stereocenters. The first-order chi connectivity index (χ1) is 10.3. The standard InChI is InChI=1S/C16H23FN2OS/c17-15-3-1-2-14(10-15)11-18-12-16(4-9-21-13-16)19-5-7-20-8-6-19/h1-3,10,18H,4-9,11-13H2. The Kier molecular flexibility index (Phi) is 5.16. The van der Waals surface area contributed by atoms with Crippen LogP contribution in [0.15, 0.2) is 24.3 Å². The van der Waals surface area contributed by atoms with Crippen molar-refractivity contribution in [3.63, 3.8) is 0 Å². The van der Waals surface area contributed by atoms with Crippen LogP contribution in [0.2, 0.25) is 0 Å². The molecule has 0 aliphatic carbocycles. The van der Waals surface area contributed by atoms with Gasteiger partial charge in [0.05, 0.1) is 13.2 Å². The third-order valence-electron chi connectivity index (χ3n) is 4.44. The SMILES string of the molecule is Fc1cccc(CNCC2(N3CCOCC3)CCSC2)c1. The Morgan fingerprint density at radius 1 is 1.33 bits per heavy atom. The summed E-state index contributed by atoms with van der Waals surface area (Å²) in [5.74, 6) is 2.26. The molecule has 0 spiro atoms. The average molecular weight is 310 g/mol. The van der Waals surface area contributed by atoms with Crippen LogP contribution >= 0.6 is 11.8 Å². The Morgan fingerprint density at radius 3 is 2.90 bits per heavy atom. The molecular weight excluding hydrogens is 287 g/mol. The van der Waals surface area contributed by atoms with Crippen LogP contribution in [0.3, 0.4) is 0 Å². The number of hydrogen-bond donors (Lipinski definition) is 1. The van der Waals surface area contributed by atoms with Crippen LogP contribution in [-0.2, 0) is 11.3 Å². The second-order valence-electron chi connectivity index (χ2n) is 5.86. The van der Waals surface area contributed by atoms with Crippen molar-refractivity contribution in [2.45, 2.75) is 18.5 Å². The molecule has 2 aliphatic rings. The minimum atomic E-state index is -0.159. The lowest BCUT2D eigenvalue weighted by Crippen LogP contribution is -2.58. The Hall–Kier alpha value is -0.620. The van der Waals surface area contributed by atoms with Gasteiger partial charge in [-0.15, -0.1) is 0 Å². The number of morpholine rings is 1. The molecule has 0 aromatic heterocycles. The number of nitrogens with one attached hydrogen (secondary N) is 1. The molecule has 5 heteroatoms. The van der Waals surface area contributed by atoms with Gasteiger partial charge in [0.25, 0.3) is 0 Å². The maximum absolute atomic E-state index is 13.2.